The number of halogens is 5. The van der Waals surface area contributed by atoms with Crippen molar-refractivity contribution in [2.24, 2.45) is 5.92 Å². The molecule has 1 aliphatic rings. The van der Waals surface area contributed by atoms with Crippen molar-refractivity contribution < 1.29 is 31.8 Å². The monoisotopic (exact) mass is 367 g/mol. The summed E-state index contributed by atoms with van der Waals surface area (Å²) in [6, 6.07) is 6.48. The highest BCUT2D eigenvalue weighted by Gasteiger charge is 2.35. The van der Waals surface area contributed by atoms with Crippen molar-refractivity contribution in [3.05, 3.63) is 29.8 Å². The van der Waals surface area contributed by atoms with Gasteiger partial charge in [-0.1, -0.05) is 12.1 Å². The fraction of sp³-hybridized carbons (Fsp3) is 0.647. The van der Waals surface area contributed by atoms with E-state index in [2.05, 4.69) is 0 Å². The standard InChI is InChI=1S/C17H22F5NO2/c18-16(19)7-4-12(5-8-16)11-25-14-3-1-2-13(10-14)15(24)6-9-23-17(20,21)22/h1-3,10,12,15,23-24H,4-9,11H2. The van der Waals surface area contributed by atoms with Crippen molar-refractivity contribution in [2.45, 2.75) is 50.4 Å². The summed E-state index contributed by atoms with van der Waals surface area (Å²) >= 11 is 0. The van der Waals surface area contributed by atoms with Crippen molar-refractivity contribution in [1.82, 2.24) is 5.32 Å². The third-order valence-corrected chi connectivity index (χ3v) is 4.31. The molecule has 0 bridgehead atoms. The van der Waals surface area contributed by atoms with E-state index in [4.69, 9.17) is 4.74 Å². The molecule has 0 aliphatic heterocycles. The van der Waals surface area contributed by atoms with E-state index in [1.165, 1.54) is 5.32 Å². The molecular weight excluding hydrogens is 345 g/mol. The normalized spacial score (nSPS) is 19.6. The summed E-state index contributed by atoms with van der Waals surface area (Å²) in [5.41, 5.74) is 0.455. The first-order valence-corrected chi connectivity index (χ1v) is 8.25. The molecule has 25 heavy (non-hydrogen) atoms. The number of nitrogens with one attached hydrogen (secondary N) is 1. The molecule has 1 atom stereocenters. The van der Waals surface area contributed by atoms with E-state index in [9.17, 15) is 27.1 Å². The van der Waals surface area contributed by atoms with E-state index in [-0.39, 0.29) is 25.2 Å². The average Bonchev–Trinajstić information content (AvgIpc) is 2.53. The molecule has 1 saturated carbocycles. The number of rotatable bonds is 7. The van der Waals surface area contributed by atoms with Crippen LogP contribution in [0.3, 0.4) is 0 Å². The molecule has 1 aliphatic carbocycles. The van der Waals surface area contributed by atoms with Crippen LogP contribution in [-0.2, 0) is 0 Å². The van der Waals surface area contributed by atoms with Crippen LogP contribution in [0.25, 0.3) is 0 Å². The summed E-state index contributed by atoms with van der Waals surface area (Å²) in [5, 5.41) is 11.3. The highest BCUT2D eigenvalue weighted by Crippen LogP contribution is 2.36. The van der Waals surface area contributed by atoms with Crippen LogP contribution in [0.4, 0.5) is 22.0 Å². The van der Waals surface area contributed by atoms with Gasteiger partial charge in [-0.2, -0.15) is 13.2 Å². The predicted molar refractivity (Wildman–Crippen MR) is 82.5 cm³/mol. The van der Waals surface area contributed by atoms with Crippen LogP contribution in [-0.4, -0.2) is 30.5 Å². The number of benzene rings is 1. The highest BCUT2D eigenvalue weighted by molar-refractivity contribution is 5.29. The summed E-state index contributed by atoms with van der Waals surface area (Å²) in [6.45, 7) is -0.0860. The summed E-state index contributed by atoms with van der Waals surface area (Å²) in [4.78, 5) is 0. The maximum atomic E-state index is 13.1. The number of aliphatic hydroxyl groups is 1. The minimum atomic E-state index is -4.47. The van der Waals surface area contributed by atoms with Gasteiger partial charge in [0, 0.05) is 19.4 Å². The number of hydrogen-bond donors (Lipinski definition) is 2. The Morgan fingerprint density at radius 2 is 1.92 bits per heavy atom. The molecule has 8 heteroatoms. The SMILES string of the molecule is OC(CCNC(F)(F)F)c1cccc(OCC2CCC(F)(F)CC2)c1. The fourth-order valence-corrected chi connectivity index (χ4v) is 2.81. The average molecular weight is 367 g/mol. The van der Waals surface area contributed by atoms with E-state index in [1.54, 1.807) is 24.3 Å². The Morgan fingerprint density at radius 1 is 1.24 bits per heavy atom. The highest BCUT2D eigenvalue weighted by atomic mass is 19.4. The quantitative estimate of drug-likeness (QED) is 0.554. The molecule has 0 amide bonds. The van der Waals surface area contributed by atoms with Crippen LogP contribution >= 0.6 is 0 Å². The lowest BCUT2D eigenvalue weighted by Gasteiger charge is -2.28. The van der Waals surface area contributed by atoms with Gasteiger partial charge < -0.3 is 9.84 Å². The van der Waals surface area contributed by atoms with Crippen LogP contribution < -0.4 is 10.1 Å². The molecule has 0 spiro atoms. The molecule has 142 valence electrons. The Morgan fingerprint density at radius 3 is 2.56 bits per heavy atom. The first kappa shape index (κ1) is 19.9. The van der Waals surface area contributed by atoms with Gasteiger partial charge >= 0.3 is 6.30 Å². The largest absolute Gasteiger partial charge is 0.493 e. The summed E-state index contributed by atoms with van der Waals surface area (Å²) < 4.78 is 68.0. The lowest BCUT2D eigenvalue weighted by molar-refractivity contribution is -0.157. The van der Waals surface area contributed by atoms with Crippen molar-refractivity contribution in [3.63, 3.8) is 0 Å². The fourth-order valence-electron chi connectivity index (χ4n) is 2.81. The summed E-state index contributed by atoms with van der Waals surface area (Å²) in [5.74, 6) is -2.05. The molecule has 0 saturated heterocycles. The van der Waals surface area contributed by atoms with Gasteiger partial charge in [-0.15, -0.1) is 0 Å². The van der Waals surface area contributed by atoms with Gasteiger partial charge in [0.25, 0.3) is 0 Å². The van der Waals surface area contributed by atoms with Crippen LogP contribution in [0.2, 0.25) is 0 Å². The van der Waals surface area contributed by atoms with Crippen LogP contribution in [0, 0.1) is 5.92 Å². The summed E-state index contributed by atoms with van der Waals surface area (Å²) in [6.07, 6.45) is -5.08. The van der Waals surface area contributed by atoms with E-state index in [1.807, 2.05) is 0 Å². The van der Waals surface area contributed by atoms with Gasteiger partial charge in [-0.05, 0) is 42.9 Å². The van der Waals surface area contributed by atoms with Crippen molar-refractivity contribution in [2.75, 3.05) is 13.2 Å². The molecule has 1 aromatic rings. The minimum Gasteiger partial charge on any atom is -0.493 e. The molecule has 0 heterocycles. The van der Waals surface area contributed by atoms with E-state index in [0.717, 1.165) is 0 Å². The van der Waals surface area contributed by atoms with Crippen LogP contribution in [0.1, 0.15) is 43.8 Å². The number of ether oxygens (including phenoxy) is 1. The van der Waals surface area contributed by atoms with Gasteiger partial charge in [0.15, 0.2) is 0 Å². The molecule has 2 rings (SSSR count). The maximum absolute atomic E-state index is 13.1. The summed E-state index contributed by atoms with van der Waals surface area (Å²) in [7, 11) is 0. The van der Waals surface area contributed by atoms with Gasteiger partial charge in [-0.3, -0.25) is 0 Å². The Kier molecular flexibility index (Phi) is 6.62. The molecule has 1 fully saturated rings. The van der Waals surface area contributed by atoms with Gasteiger partial charge in [0.05, 0.1) is 12.7 Å². The lowest BCUT2D eigenvalue weighted by Crippen LogP contribution is -2.32. The third kappa shape index (κ3) is 7.15. The Bertz CT molecular complexity index is 540. The van der Waals surface area contributed by atoms with Crippen molar-refractivity contribution in [3.8, 4) is 5.75 Å². The maximum Gasteiger partial charge on any atom is 0.457 e. The van der Waals surface area contributed by atoms with E-state index in [0.29, 0.717) is 30.8 Å². The number of alkyl halides is 5. The van der Waals surface area contributed by atoms with Gasteiger partial charge in [0.2, 0.25) is 5.92 Å². The van der Waals surface area contributed by atoms with E-state index >= 15 is 0 Å². The second-order valence-electron chi connectivity index (χ2n) is 6.41. The Balaban J connectivity index is 1.80. The smallest absolute Gasteiger partial charge is 0.457 e. The zero-order valence-corrected chi connectivity index (χ0v) is 13.7. The molecule has 0 radical (unpaired) electrons. The van der Waals surface area contributed by atoms with Crippen LogP contribution in [0.15, 0.2) is 24.3 Å². The Hall–Kier alpha value is -1.41. The topological polar surface area (TPSA) is 41.5 Å². The van der Waals surface area contributed by atoms with Crippen LogP contribution in [0.5, 0.6) is 5.75 Å². The van der Waals surface area contributed by atoms with Crippen molar-refractivity contribution in [1.29, 1.82) is 0 Å². The van der Waals surface area contributed by atoms with Crippen molar-refractivity contribution >= 4 is 0 Å². The van der Waals surface area contributed by atoms with Gasteiger partial charge in [-0.25, -0.2) is 14.1 Å². The first-order valence-electron chi connectivity index (χ1n) is 8.25. The molecule has 1 unspecified atom stereocenters. The van der Waals surface area contributed by atoms with Gasteiger partial charge in [0.1, 0.15) is 5.75 Å². The lowest BCUT2D eigenvalue weighted by atomic mass is 9.87. The number of hydrogen-bond acceptors (Lipinski definition) is 3. The number of aliphatic hydroxyl groups excluding tert-OH is 1. The molecule has 1 aromatic carbocycles. The first-order chi connectivity index (χ1) is 11.6. The second-order valence-corrected chi connectivity index (χ2v) is 6.41. The minimum absolute atomic E-state index is 0.0594. The second kappa shape index (κ2) is 8.31. The van der Waals surface area contributed by atoms with E-state index < -0.39 is 24.9 Å². The molecular formula is C17H22F5NO2. The third-order valence-electron chi connectivity index (χ3n) is 4.31. The predicted octanol–water partition coefficient (Wildman–Crippen LogP) is 4.42. The Labute approximate surface area is 143 Å². The molecule has 0 aromatic heterocycles. The molecule has 3 nitrogen and oxygen atoms in total. The zero-order valence-electron chi connectivity index (χ0n) is 13.7. The zero-order chi connectivity index (χ0) is 18.5. The molecule has 2 N–H and O–H groups in total.